The molecule has 2 aliphatic rings. The normalized spacial score (nSPS) is 21.8. The van der Waals surface area contributed by atoms with E-state index in [1.165, 1.54) is 32.4 Å². The minimum Gasteiger partial charge on any atom is -0.480 e. The van der Waals surface area contributed by atoms with Gasteiger partial charge in [-0.1, -0.05) is 6.42 Å². The lowest BCUT2D eigenvalue weighted by Gasteiger charge is -2.41. The van der Waals surface area contributed by atoms with Gasteiger partial charge in [0, 0.05) is 30.9 Å². The number of carboxylic acid groups (broad SMARTS) is 1. The number of carbonyl (C=O) groups is 1. The van der Waals surface area contributed by atoms with Gasteiger partial charge in [0.05, 0.1) is 6.61 Å². The highest BCUT2D eigenvalue weighted by Crippen LogP contribution is 2.31. The van der Waals surface area contributed by atoms with E-state index in [0.29, 0.717) is 24.1 Å². The fourth-order valence-electron chi connectivity index (χ4n) is 4.15. The van der Waals surface area contributed by atoms with Crippen molar-refractivity contribution in [2.24, 2.45) is 0 Å². The molecule has 1 aromatic heterocycles. The minimum atomic E-state index is -0.828. The molecule has 1 N–H and O–H groups in total. The van der Waals surface area contributed by atoms with Crippen LogP contribution in [0.3, 0.4) is 0 Å². The van der Waals surface area contributed by atoms with E-state index in [1.807, 2.05) is 13.0 Å². The molecule has 2 aliphatic heterocycles. The summed E-state index contributed by atoms with van der Waals surface area (Å²) in [6.07, 6.45) is 7.66. The lowest BCUT2D eigenvalue weighted by molar-refractivity contribution is -0.144. The third-order valence-corrected chi connectivity index (χ3v) is 5.38. The van der Waals surface area contributed by atoms with Gasteiger partial charge in [-0.2, -0.15) is 0 Å². The topological polar surface area (TPSA) is 65.9 Å². The van der Waals surface area contributed by atoms with E-state index >= 15 is 0 Å². The minimum absolute atomic E-state index is 0.440. The largest absolute Gasteiger partial charge is 0.480 e. The molecule has 0 saturated carbocycles. The zero-order chi connectivity index (χ0) is 17.6. The van der Waals surface area contributed by atoms with E-state index < -0.39 is 12.0 Å². The lowest BCUT2D eigenvalue weighted by Crippen LogP contribution is -2.48. The SMILES string of the molecule is CCOc1ncccc1[C@@H](C(=O)O)N1CCC(N2CCCCC2)CC1. The van der Waals surface area contributed by atoms with E-state index in [9.17, 15) is 9.90 Å². The first-order chi connectivity index (χ1) is 12.2. The monoisotopic (exact) mass is 347 g/mol. The molecule has 1 aromatic rings. The molecule has 0 aromatic carbocycles. The molecule has 0 amide bonds. The molecule has 3 heterocycles. The number of aromatic nitrogens is 1. The van der Waals surface area contributed by atoms with Crippen molar-refractivity contribution in [1.29, 1.82) is 0 Å². The zero-order valence-corrected chi connectivity index (χ0v) is 15.1. The van der Waals surface area contributed by atoms with Gasteiger partial charge in [0.2, 0.25) is 5.88 Å². The molecule has 0 bridgehead atoms. The van der Waals surface area contributed by atoms with Gasteiger partial charge in [0.1, 0.15) is 6.04 Å². The average Bonchev–Trinajstić information content (AvgIpc) is 2.65. The maximum atomic E-state index is 12.0. The fourth-order valence-corrected chi connectivity index (χ4v) is 4.15. The smallest absolute Gasteiger partial charge is 0.325 e. The molecule has 0 unspecified atom stereocenters. The van der Waals surface area contributed by atoms with E-state index in [0.717, 1.165) is 25.9 Å². The highest BCUT2D eigenvalue weighted by molar-refractivity contribution is 5.76. The molecule has 138 valence electrons. The second-order valence-electron chi connectivity index (χ2n) is 6.94. The maximum Gasteiger partial charge on any atom is 0.325 e. The van der Waals surface area contributed by atoms with Crippen molar-refractivity contribution in [2.45, 2.75) is 51.1 Å². The predicted octanol–water partition coefficient (Wildman–Crippen LogP) is 2.56. The van der Waals surface area contributed by atoms with Crippen molar-refractivity contribution in [1.82, 2.24) is 14.8 Å². The van der Waals surface area contributed by atoms with Crippen LogP contribution >= 0.6 is 0 Å². The summed E-state index contributed by atoms with van der Waals surface area (Å²) in [5.41, 5.74) is 0.660. The molecule has 2 saturated heterocycles. The molecule has 0 aliphatic carbocycles. The van der Waals surface area contributed by atoms with Crippen LogP contribution in [0.25, 0.3) is 0 Å². The van der Waals surface area contributed by atoms with Crippen LogP contribution in [0, 0.1) is 0 Å². The number of hydrogen-bond acceptors (Lipinski definition) is 5. The number of rotatable bonds is 6. The molecular formula is C19H29N3O3. The van der Waals surface area contributed by atoms with Gasteiger partial charge in [-0.05, 0) is 57.8 Å². The molecular weight excluding hydrogens is 318 g/mol. The zero-order valence-electron chi connectivity index (χ0n) is 15.1. The first-order valence-corrected chi connectivity index (χ1v) is 9.49. The molecule has 0 spiro atoms. The molecule has 1 atom stereocenters. The third-order valence-electron chi connectivity index (χ3n) is 5.38. The Morgan fingerprint density at radius 3 is 2.64 bits per heavy atom. The van der Waals surface area contributed by atoms with Crippen LogP contribution in [0.1, 0.15) is 50.6 Å². The van der Waals surface area contributed by atoms with Gasteiger partial charge in [-0.3, -0.25) is 9.69 Å². The Balaban J connectivity index is 1.69. The van der Waals surface area contributed by atoms with Crippen LogP contribution in [0.2, 0.25) is 0 Å². The fraction of sp³-hybridized carbons (Fsp3) is 0.684. The Labute approximate surface area is 149 Å². The summed E-state index contributed by atoms with van der Waals surface area (Å²) in [5, 5.41) is 9.85. The standard InChI is InChI=1S/C19H29N3O3/c1-2-25-18-16(7-6-10-20-18)17(19(23)24)22-13-8-15(9-14-22)21-11-4-3-5-12-21/h6-7,10,15,17H,2-5,8-9,11-14H2,1H3,(H,23,24)/t17-/m0/s1. The number of aliphatic carboxylic acids is 1. The van der Waals surface area contributed by atoms with Gasteiger partial charge in [-0.25, -0.2) is 4.98 Å². The quantitative estimate of drug-likeness (QED) is 0.853. The highest BCUT2D eigenvalue weighted by Gasteiger charge is 2.34. The van der Waals surface area contributed by atoms with Crippen LogP contribution < -0.4 is 4.74 Å². The number of likely N-dealkylation sites (tertiary alicyclic amines) is 2. The van der Waals surface area contributed by atoms with Gasteiger partial charge < -0.3 is 14.7 Å². The Hall–Kier alpha value is -1.66. The molecule has 0 radical (unpaired) electrons. The van der Waals surface area contributed by atoms with Crippen molar-refractivity contribution in [3.63, 3.8) is 0 Å². The lowest BCUT2D eigenvalue weighted by atomic mass is 9.97. The number of carboxylic acids is 1. The van der Waals surface area contributed by atoms with Crippen LogP contribution in [0.4, 0.5) is 0 Å². The van der Waals surface area contributed by atoms with Crippen molar-refractivity contribution in [3.05, 3.63) is 23.9 Å². The van der Waals surface area contributed by atoms with Crippen molar-refractivity contribution in [2.75, 3.05) is 32.8 Å². The molecule has 2 fully saturated rings. The summed E-state index contributed by atoms with van der Waals surface area (Å²) in [4.78, 5) is 20.9. The van der Waals surface area contributed by atoms with Gasteiger partial charge in [0.25, 0.3) is 0 Å². The van der Waals surface area contributed by atoms with Gasteiger partial charge in [-0.15, -0.1) is 0 Å². The molecule has 25 heavy (non-hydrogen) atoms. The van der Waals surface area contributed by atoms with E-state index in [-0.39, 0.29) is 0 Å². The molecule has 3 rings (SSSR count). The van der Waals surface area contributed by atoms with E-state index in [1.54, 1.807) is 12.3 Å². The Kier molecular flexibility index (Phi) is 6.26. The van der Waals surface area contributed by atoms with Gasteiger partial charge >= 0.3 is 5.97 Å². The second-order valence-corrected chi connectivity index (χ2v) is 6.94. The number of hydrogen-bond donors (Lipinski definition) is 1. The van der Waals surface area contributed by atoms with Crippen molar-refractivity contribution >= 4 is 5.97 Å². The van der Waals surface area contributed by atoms with E-state index in [4.69, 9.17) is 4.74 Å². The Bertz CT molecular complexity index is 567. The number of pyridine rings is 1. The van der Waals surface area contributed by atoms with Gasteiger partial charge in [0.15, 0.2) is 0 Å². The Morgan fingerprint density at radius 2 is 2.00 bits per heavy atom. The van der Waals surface area contributed by atoms with Crippen LogP contribution in [-0.2, 0) is 4.79 Å². The second kappa shape index (κ2) is 8.63. The third kappa shape index (κ3) is 4.30. The first-order valence-electron chi connectivity index (χ1n) is 9.49. The van der Waals surface area contributed by atoms with Crippen molar-refractivity contribution in [3.8, 4) is 5.88 Å². The van der Waals surface area contributed by atoms with Crippen LogP contribution in [0.15, 0.2) is 18.3 Å². The number of ether oxygens (including phenoxy) is 1. The summed E-state index contributed by atoms with van der Waals surface area (Å²) in [6.45, 7) is 6.37. The summed E-state index contributed by atoms with van der Waals surface area (Å²) < 4.78 is 5.57. The number of piperidine rings is 2. The Morgan fingerprint density at radius 1 is 1.28 bits per heavy atom. The summed E-state index contributed by atoms with van der Waals surface area (Å²) in [7, 11) is 0. The predicted molar refractivity (Wildman–Crippen MR) is 95.8 cm³/mol. The molecule has 6 heteroatoms. The average molecular weight is 347 g/mol. The van der Waals surface area contributed by atoms with E-state index in [2.05, 4.69) is 14.8 Å². The van der Waals surface area contributed by atoms with Crippen molar-refractivity contribution < 1.29 is 14.6 Å². The first kappa shape index (κ1) is 18.1. The maximum absolute atomic E-state index is 12.0. The summed E-state index contributed by atoms with van der Waals surface area (Å²) in [6, 6.07) is 3.53. The molecule has 6 nitrogen and oxygen atoms in total. The number of nitrogens with zero attached hydrogens (tertiary/aromatic N) is 3. The van der Waals surface area contributed by atoms with Crippen LogP contribution in [-0.4, -0.2) is 64.7 Å². The van der Waals surface area contributed by atoms with Crippen LogP contribution in [0.5, 0.6) is 5.88 Å². The highest BCUT2D eigenvalue weighted by atomic mass is 16.5. The summed E-state index contributed by atoms with van der Waals surface area (Å²) >= 11 is 0. The summed E-state index contributed by atoms with van der Waals surface area (Å²) in [5.74, 6) is -0.388.